The summed E-state index contributed by atoms with van der Waals surface area (Å²) in [5.74, 6) is 1.47. The highest BCUT2D eigenvalue weighted by molar-refractivity contribution is 7.89. The fourth-order valence-corrected chi connectivity index (χ4v) is 6.79. The van der Waals surface area contributed by atoms with Gasteiger partial charge in [-0.25, -0.2) is 18.4 Å². The van der Waals surface area contributed by atoms with Crippen molar-refractivity contribution in [2.24, 2.45) is 0 Å². The van der Waals surface area contributed by atoms with Gasteiger partial charge in [0.2, 0.25) is 10.0 Å². The number of pyridine rings is 1. The van der Waals surface area contributed by atoms with Crippen LogP contribution in [0.25, 0.3) is 39.3 Å². The second-order valence-electron chi connectivity index (χ2n) is 9.57. The number of rotatable bonds is 9. The van der Waals surface area contributed by atoms with Crippen LogP contribution in [0.15, 0.2) is 47.4 Å². The maximum Gasteiger partial charge on any atom is 0.214 e. The molecule has 6 rings (SSSR count). The van der Waals surface area contributed by atoms with Crippen molar-refractivity contribution in [3.63, 3.8) is 0 Å². The molecule has 5 aromatic heterocycles. The Kier molecular flexibility index (Phi) is 5.82. The minimum Gasteiger partial charge on any atom is -0.455 e. The summed E-state index contributed by atoms with van der Waals surface area (Å²) in [5.41, 5.74) is 2.04. The summed E-state index contributed by atoms with van der Waals surface area (Å²) < 4.78 is 36.3. The Labute approximate surface area is 218 Å². The molecule has 0 bridgehead atoms. The zero-order chi connectivity index (χ0) is 26.5. The van der Waals surface area contributed by atoms with E-state index in [-0.39, 0.29) is 31.9 Å². The molecule has 5 aromatic rings. The van der Waals surface area contributed by atoms with Gasteiger partial charge in [-0.2, -0.15) is 14.7 Å². The Hall–Kier alpha value is -3.99. The van der Waals surface area contributed by atoms with Crippen molar-refractivity contribution in [1.29, 1.82) is 5.26 Å². The first kappa shape index (κ1) is 24.4. The molecule has 0 atom stereocenters. The zero-order valence-electron chi connectivity index (χ0n) is 20.7. The van der Waals surface area contributed by atoms with Gasteiger partial charge >= 0.3 is 0 Å². The summed E-state index contributed by atoms with van der Waals surface area (Å²) in [6.45, 7) is 2.09. The summed E-state index contributed by atoms with van der Waals surface area (Å²) in [6, 6.07) is 7.57. The number of hydrogen-bond acceptors (Lipinski definition) is 8. The van der Waals surface area contributed by atoms with Gasteiger partial charge in [0, 0.05) is 30.9 Å². The van der Waals surface area contributed by atoms with Crippen LogP contribution in [0, 0.1) is 11.3 Å². The number of aliphatic hydroxyl groups excluding tert-OH is 1. The van der Waals surface area contributed by atoms with E-state index in [4.69, 9.17) is 9.40 Å². The molecule has 0 saturated carbocycles. The van der Waals surface area contributed by atoms with Crippen molar-refractivity contribution in [1.82, 2.24) is 33.6 Å². The Morgan fingerprint density at radius 1 is 1.26 bits per heavy atom. The molecule has 0 spiro atoms. The lowest BCUT2D eigenvalue weighted by molar-refractivity contribution is 0.0717. The molecule has 0 unspecified atom stereocenters. The van der Waals surface area contributed by atoms with Gasteiger partial charge in [-0.3, -0.25) is 9.25 Å². The molecule has 0 amide bonds. The summed E-state index contributed by atoms with van der Waals surface area (Å²) in [4.78, 5) is 12.4. The van der Waals surface area contributed by atoms with Crippen molar-refractivity contribution >= 4 is 32.1 Å². The Bertz CT molecular complexity index is 1780. The quantitative estimate of drug-likeness (QED) is 0.292. The summed E-state index contributed by atoms with van der Waals surface area (Å²) >= 11 is 0. The highest BCUT2D eigenvalue weighted by Gasteiger charge is 2.50. The van der Waals surface area contributed by atoms with E-state index in [1.807, 2.05) is 23.8 Å². The maximum absolute atomic E-state index is 12.7. The van der Waals surface area contributed by atoms with E-state index >= 15 is 0 Å². The second kappa shape index (κ2) is 9.09. The Morgan fingerprint density at radius 2 is 2.11 bits per heavy atom. The second-order valence-corrected chi connectivity index (χ2v) is 11.7. The highest BCUT2D eigenvalue weighted by Crippen LogP contribution is 2.37. The molecule has 196 valence electrons. The van der Waals surface area contributed by atoms with Gasteiger partial charge < -0.3 is 14.5 Å². The van der Waals surface area contributed by atoms with Crippen molar-refractivity contribution in [2.75, 3.05) is 18.8 Å². The van der Waals surface area contributed by atoms with Crippen LogP contribution in [-0.2, 0) is 22.2 Å². The fourth-order valence-electron chi connectivity index (χ4n) is 5.01. The lowest BCUT2D eigenvalue weighted by Crippen LogP contribution is -2.64. The van der Waals surface area contributed by atoms with Crippen LogP contribution in [0.2, 0.25) is 0 Å². The first-order valence-electron chi connectivity index (χ1n) is 12.3. The number of furan rings is 1. The lowest BCUT2D eigenvalue weighted by atomic mass is 9.89. The number of aliphatic hydroxyl groups is 1. The average Bonchev–Trinajstić information content (AvgIpc) is 3.68. The number of H-pyrrole nitrogens is 1. The highest BCUT2D eigenvalue weighted by atomic mass is 32.2. The standard InChI is InChI=1S/C25H26N8O4S/c1-2-3-10-38(35,36)31-15-25(16-31,7-8-26)32-13-17(11-29-32)33-22-19-6-9-27-23(19)28-12-20(22)30-24(33)21-5-4-18(14-34)37-21/h4-6,9,11-13,34H,2-3,7,10,14-16H2,1H3,(H,27,28). The average molecular weight is 535 g/mol. The van der Waals surface area contributed by atoms with E-state index in [0.717, 1.165) is 17.3 Å². The number of aromatic nitrogens is 6. The van der Waals surface area contributed by atoms with E-state index in [1.54, 1.807) is 35.4 Å². The molecule has 2 N–H and O–H groups in total. The minimum atomic E-state index is -3.38. The first-order valence-corrected chi connectivity index (χ1v) is 13.9. The van der Waals surface area contributed by atoms with Gasteiger partial charge in [0.15, 0.2) is 11.6 Å². The van der Waals surface area contributed by atoms with E-state index in [2.05, 4.69) is 21.1 Å². The van der Waals surface area contributed by atoms with E-state index in [1.165, 1.54) is 4.31 Å². The molecule has 0 radical (unpaired) electrons. The smallest absolute Gasteiger partial charge is 0.214 e. The molecule has 13 heteroatoms. The van der Waals surface area contributed by atoms with E-state index in [0.29, 0.717) is 40.6 Å². The largest absolute Gasteiger partial charge is 0.455 e. The fraction of sp³-hybridized carbons (Fsp3) is 0.360. The summed E-state index contributed by atoms with van der Waals surface area (Å²) in [5, 5.41) is 24.6. The minimum absolute atomic E-state index is 0.0978. The van der Waals surface area contributed by atoms with Crippen LogP contribution in [0.3, 0.4) is 0 Å². The molecule has 0 aromatic carbocycles. The molecule has 12 nitrogen and oxygen atoms in total. The third-order valence-electron chi connectivity index (χ3n) is 7.05. The van der Waals surface area contributed by atoms with Crippen molar-refractivity contribution in [3.05, 3.63) is 48.7 Å². The molecule has 1 fully saturated rings. The molecule has 0 aliphatic carbocycles. The van der Waals surface area contributed by atoms with Gasteiger partial charge in [0.05, 0.1) is 41.8 Å². The number of nitrogens with one attached hydrogen (secondary N) is 1. The molecular weight excluding hydrogens is 508 g/mol. The predicted octanol–water partition coefficient (Wildman–Crippen LogP) is 2.91. The number of hydrogen-bond donors (Lipinski definition) is 2. The van der Waals surface area contributed by atoms with Crippen LogP contribution >= 0.6 is 0 Å². The topological polar surface area (TPSA) is 159 Å². The maximum atomic E-state index is 12.7. The van der Waals surface area contributed by atoms with E-state index in [9.17, 15) is 18.8 Å². The van der Waals surface area contributed by atoms with Gasteiger partial charge in [-0.05, 0) is 24.6 Å². The van der Waals surface area contributed by atoms with Crippen LogP contribution in [-0.4, -0.2) is 66.0 Å². The van der Waals surface area contributed by atoms with Crippen LogP contribution in [0.4, 0.5) is 0 Å². The third-order valence-corrected chi connectivity index (χ3v) is 8.90. The van der Waals surface area contributed by atoms with Crippen molar-refractivity contribution < 1.29 is 17.9 Å². The monoisotopic (exact) mass is 534 g/mol. The normalized spacial score (nSPS) is 15.7. The molecule has 1 aliphatic rings. The number of sulfonamides is 1. The molecule has 6 heterocycles. The number of aromatic amines is 1. The van der Waals surface area contributed by atoms with Gasteiger partial charge in [0.25, 0.3) is 0 Å². The number of imidazole rings is 1. The first-order chi connectivity index (χ1) is 18.4. The van der Waals surface area contributed by atoms with Crippen molar-refractivity contribution in [2.45, 2.75) is 38.3 Å². The number of unbranched alkanes of at least 4 members (excludes halogenated alkanes) is 1. The zero-order valence-corrected chi connectivity index (χ0v) is 21.5. The lowest BCUT2D eigenvalue weighted by Gasteiger charge is -2.47. The van der Waals surface area contributed by atoms with Crippen molar-refractivity contribution in [3.8, 4) is 23.3 Å². The Morgan fingerprint density at radius 3 is 2.84 bits per heavy atom. The molecule has 38 heavy (non-hydrogen) atoms. The molecule has 1 aliphatic heterocycles. The third kappa shape index (κ3) is 3.80. The number of nitriles is 1. The predicted molar refractivity (Wildman–Crippen MR) is 139 cm³/mol. The van der Waals surface area contributed by atoms with E-state index < -0.39 is 15.6 Å². The summed E-state index contributed by atoms with van der Waals surface area (Å²) in [6.07, 6.45) is 8.48. The number of fused-ring (bicyclic) bond motifs is 3. The van der Waals surface area contributed by atoms with Crippen LogP contribution in [0.5, 0.6) is 0 Å². The van der Waals surface area contributed by atoms with Gasteiger partial charge in [-0.15, -0.1) is 0 Å². The van der Waals surface area contributed by atoms with Gasteiger partial charge in [-0.1, -0.05) is 13.3 Å². The van der Waals surface area contributed by atoms with Gasteiger partial charge in [0.1, 0.15) is 29.1 Å². The van der Waals surface area contributed by atoms with Crippen LogP contribution in [0.1, 0.15) is 31.9 Å². The molecular formula is C25H26N8O4S. The molecule has 1 saturated heterocycles. The summed E-state index contributed by atoms with van der Waals surface area (Å²) in [7, 11) is -3.38. The van der Waals surface area contributed by atoms with Crippen LogP contribution < -0.4 is 0 Å². The number of nitrogens with zero attached hydrogens (tertiary/aromatic N) is 7. The SMILES string of the molecule is CCCCS(=O)(=O)N1CC(CC#N)(n2cc(-n3c(-c4ccc(CO)o4)nc4cnc5[nH]ccc5c43)cn2)C1. The Balaban J connectivity index is 1.45.